The second-order valence-corrected chi connectivity index (χ2v) is 4.73. The number of aliphatic hydroxyl groups is 1. The molecule has 1 N–H and O–H groups in total. The van der Waals surface area contributed by atoms with Crippen LogP contribution in [0.2, 0.25) is 0 Å². The van der Waals surface area contributed by atoms with Crippen molar-refractivity contribution in [2.24, 2.45) is 0 Å². The van der Waals surface area contributed by atoms with Crippen molar-refractivity contribution in [1.82, 2.24) is 0 Å². The minimum Gasteiger partial charge on any atom is -0.385 e. The van der Waals surface area contributed by atoms with Crippen molar-refractivity contribution in [1.29, 1.82) is 0 Å². The van der Waals surface area contributed by atoms with E-state index in [0.29, 0.717) is 0 Å². The molecule has 2 nitrogen and oxygen atoms in total. The van der Waals surface area contributed by atoms with Gasteiger partial charge in [0.15, 0.2) is 0 Å². The normalized spacial score (nSPS) is 27.8. The highest BCUT2D eigenvalue weighted by Crippen LogP contribution is 2.54. The first kappa shape index (κ1) is 11.5. The fraction of sp³-hybridized carbons (Fsp3) is 0.250. The Morgan fingerprint density at radius 3 is 2.00 bits per heavy atom. The van der Waals surface area contributed by atoms with E-state index < -0.39 is 11.7 Å². The standard InChI is InChI=1S/C16H16O2/c1-12-16(18-12,14-10-6-3-7-11-14)15(17)13-8-4-2-5-9-13/h2-12,15,17H,1H3/t12-,15+,16-/m0/s1. The van der Waals surface area contributed by atoms with Crippen LogP contribution in [-0.4, -0.2) is 11.2 Å². The van der Waals surface area contributed by atoms with Crippen LogP contribution < -0.4 is 0 Å². The van der Waals surface area contributed by atoms with Crippen LogP contribution in [0.3, 0.4) is 0 Å². The lowest BCUT2D eigenvalue weighted by molar-refractivity contribution is 0.0730. The van der Waals surface area contributed by atoms with Crippen LogP contribution in [-0.2, 0) is 10.3 Å². The summed E-state index contributed by atoms with van der Waals surface area (Å²) < 4.78 is 5.76. The molecule has 0 unspecified atom stereocenters. The number of hydrogen-bond donors (Lipinski definition) is 1. The molecule has 1 saturated heterocycles. The summed E-state index contributed by atoms with van der Waals surface area (Å²) >= 11 is 0. The number of rotatable bonds is 3. The van der Waals surface area contributed by atoms with Gasteiger partial charge in [0.2, 0.25) is 0 Å². The highest BCUT2D eigenvalue weighted by molar-refractivity contribution is 5.35. The number of aliphatic hydroxyl groups excluding tert-OH is 1. The molecular weight excluding hydrogens is 224 g/mol. The van der Waals surface area contributed by atoms with Crippen molar-refractivity contribution in [2.75, 3.05) is 0 Å². The van der Waals surface area contributed by atoms with Crippen LogP contribution in [0.4, 0.5) is 0 Å². The van der Waals surface area contributed by atoms with Crippen LogP contribution >= 0.6 is 0 Å². The van der Waals surface area contributed by atoms with E-state index in [-0.39, 0.29) is 6.10 Å². The maximum atomic E-state index is 10.6. The molecule has 1 fully saturated rings. The second-order valence-electron chi connectivity index (χ2n) is 4.73. The van der Waals surface area contributed by atoms with Gasteiger partial charge in [0.05, 0.1) is 6.10 Å². The van der Waals surface area contributed by atoms with E-state index in [4.69, 9.17) is 4.74 Å². The Hall–Kier alpha value is -1.64. The molecule has 2 aromatic carbocycles. The van der Waals surface area contributed by atoms with Crippen LogP contribution in [0.5, 0.6) is 0 Å². The van der Waals surface area contributed by atoms with Gasteiger partial charge in [0, 0.05) is 0 Å². The Morgan fingerprint density at radius 1 is 1.00 bits per heavy atom. The molecule has 1 aliphatic heterocycles. The summed E-state index contributed by atoms with van der Waals surface area (Å²) in [6, 6.07) is 19.6. The Kier molecular flexibility index (Phi) is 2.69. The minimum absolute atomic E-state index is 0.0371. The van der Waals surface area contributed by atoms with E-state index in [2.05, 4.69) is 0 Å². The molecule has 0 radical (unpaired) electrons. The van der Waals surface area contributed by atoms with Gasteiger partial charge in [-0.25, -0.2) is 0 Å². The summed E-state index contributed by atoms with van der Waals surface area (Å²) in [4.78, 5) is 0. The van der Waals surface area contributed by atoms with Crippen molar-refractivity contribution >= 4 is 0 Å². The predicted molar refractivity (Wildman–Crippen MR) is 70.1 cm³/mol. The summed E-state index contributed by atoms with van der Waals surface area (Å²) in [5.41, 5.74) is 1.35. The second kappa shape index (κ2) is 4.23. The first-order valence-electron chi connectivity index (χ1n) is 6.21. The van der Waals surface area contributed by atoms with Gasteiger partial charge in [0.25, 0.3) is 0 Å². The highest BCUT2D eigenvalue weighted by Gasteiger charge is 2.60. The van der Waals surface area contributed by atoms with Gasteiger partial charge >= 0.3 is 0 Å². The molecule has 2 aromatic rings. The van der Waals surface area contributed by atoms with Crippen LogP contribution in [0, 0.1) is 0 Å². The van der Waals surface area contributed by atoms with Crippen molar-refractivity contribution in [3.8, 4) is 0 Å². The first-order valence-corrected chi connectivity index (χ1v) is 6.21. The molecule has 0 amide bonds. The predicted octanol–water partition coefficient (Wildman–Crippen LogP) is 3.03. The molecule has 18 heavy (non-hydrogen) atoms. The highest BCUT2D eigenvalue weighted by atomic mass is 16.6. The number of hydrogen-bond acceptors (Lipinski definition) is 2. The molecule has 3 atom stereocenters. The minimum atomic E-state index is -0.629. The monoisotopic (exact) mass is 240 g/mol. The summed E-state index contributed by atoms with van der Waals surface area (Å²) in [5, 5.41) is 10.6. The van der Waals surface area contributed by atoms with Gasteiger partial charge < -0.3 is 9.84 Å². The van der Waals surface area contributed by atoms with Gasteiger partial charge in [-0.1, -0.05) is 60.7 Å². The maximum Gasteiger partial charge on any atom is 0.149 e. The molecule has 0 aliphatic carbocycles. The van der Waals surface area contributed by atoms with Crippen LogP contribution in [0.25, 0.3) is 0 Å². The molecule has 1 heterocycles. The Bertz CT molecular complexity index is 523. The average Bonchev–Trinajstić information content (AvgIpc) is 3.13. The van der Waals surface area contributed by atoms with Crippen LogP contribution in [0.15, 0.2) is 60.7 Å². The quantitative estimate of drug-likeness (QED) is 0.836. The molecule has 2 heteroatoms. The lowest BCUT2D eigenvalue weighted by Gasteiger charge is -2.20. The molecular formula is C16H16O2. The summed E-state index contributed by atoms with van der Waals surface area (Å²) in [6.07, 6.45) is -0.591. The van der Waals surface area contributed by atoms with E-state index in [9.17, 15) is 5.11 Å². The van der Waals surface area contributed by atoms with E-state index in [1.165, 1.54) is 0 Å². The fourth-order valence-electron chi connectivity index (χ4n) is 2.59. The van der Waals surface area contributed by atoms with Gasteiger partial charge in [-0.15, -0.1) is 0 Å². The molecule has 1 aliphatic rings. The van der Waals surface area contributed by atoms with Crippen molar-refractivity contribution in [2.45, 2.75) is 24.7 Å². The van der Waals surface area contributed by atoms with Gasteiger partial charge in [-0.3, -0.25) is 0 Å². The van der Waals surface area contributed by atoms with Gasteiger partial charge in [-0.2, -0.15) is 0 Å². The van der Waals surface area contributed by atoms with Crippen molar-refractivity contribution in [3.63, 3.8) is 0 Å². The fourth-order valence-corrected chi connectivity index (χ4v) is 2.59. The summed E-state index contributed by atoms with van der Waals surface area (Å²) in [5.74, 6) is 0. The largest absolute Gasteiger partial charge is 0.385 e. The van der Waals surface area contributed by atoms with Crippen molar-refractivity contribution < 1.29 is 9.84 Å². The van der Waals surface area contributed by atoms with Crippen LogP contribution in [0.1, 0.15) is 24.2 Å². The van der Waals surface area contributed by atoms with E-state index in [0.717, 1.165) is 11.1 Å². The molecule has 0 aromatic heterocycles. The summed E-state index contributed by atoms with van der Waals surface area (Å²) in [7, 11) is 0. The van der Waals surface area contributed by atoms with E-state index in [1.807, 2.05) is 67.6 Å². The number of epoxide rings is 1. The molecule has 92 valence electrons. The zero-order chi connectivity index (χ0) is 12.6. The molecule has 3 rings (SSSR count). The Morgan fingerprint density at radius 2 is 1.50 bits per heavy atom. The zero-order valence-electron chi connectivity index (χ0n) is 10.3. The molecule has 0 saturated carbocycles. The maximum absolute atomic E-state index is 10.6. The van der Waals surface area contributed by atoms with Gasteiger partial charge in [0.1, 0.15) is 11.7 Å². The third-order valence-corrected chi connectivity index (χ3v) is 3.66. The third kappa shape index (κ3) is 1.65. The van der Waals surface area contributed by atoms with Gasteiger partial charge in [-0.05, 0) is 18.1 Å². The first-order chi connectivity index (χ1) is 8.75. The smallest absolute Gasteiger partial charge is 0.149 e. The molecule has 0 spiro atoms. The molecule has 0 bridgehead atoms. The number of benzene rings is 2. The lowest BCUT2D eigenvalue weighted by atomic mass is 9.86. The Balaban J connectivity index is 1.99. The lowest BCUT2D eigenvalue weighted by Crippen LogP contribution is -2.22. The van der Waals surface area contributed by atoms with E-state index >= 15 is 0 Å². The van der Waals surface area contributed by atoms with Crippen molar-refractivity contribution in [3.05, 3.63) is 71.8 Å². The SMILES string of the molecule is C[C@@H]1O[C@@]1(c1ccccc1)[C@H](O)c1ccccc1. The summed E-state index contributed by atoms with van der Waals surface area (Å²) in [6.45, 7) is 2.00. The van der Waals surface area contributed by atoms with E-state index in [1.54, 1.807) is 0 Å². The third-order valence-electron chi connectivity index (χ3n) is 3.66. The Labute approximate surface area is 107 Å². The topological polar surface area (TPSA) is 32.8 Å². The zero-order valence-corrected chi connectivity index (χ0v) is 10.3. The number of ether oxygens (including phenoxy) is 1. The average molecular weight is 240 g/mol.